The second kappa shape index (κ2) is 5.16. The first-order valence-corrected chi connectivity index (χ1v) is 7.18. The number of halogens is 1. The number of aryl methyl sites for hydroxylation is 3. The summed E-state index contributed by atoms with van der Waals surface area (Å²) < 4.78 is 13.3. The minimum absolute atomic E-state index is 0.123. The van der Waals surface area contributed by atoms with Crippen LogP contribution in [0.4, 0.5) is 4.39 Å². The van der Waals surface area contributed by atoms with Crippen LogP contribution < -0.4 is 0 Å². The molecule has 2 aromatic rings. The Morgan fingerprint density at radius 1 is 0.947 bits per heavy atom. The quantitative estimate of drug-likeness (QED) is 0.728. The van der Waals surface area contributed by atoms with Gasteiger partial charge >= 0.3 is 0 Å². The van der Waals surface area contributed by atoms with Gasteiger partial charge in [-0.3, -0.25) is 0 Å². The van der Waals surface area contributed by atoms with Crippen molar-refractivity contribution in [3.63, 3.8) is 0 Å². The fraction of sp³-hybridized carbons (Fsp3) is 0.333. The summed E-state index contributed by atoms with van der Waals surface area (Å²) in [5.74, 6) is -0.123. The zero-order valence-corrected chi connectivity index (χ0v) is 11.4. The van der Waals surface area contributed by atoms with Crippen LogP contribution in [0.2, 0.25) is 0 Å². The van der Waals surface area contributed by atoms with Gasteiger partial charge < -0.3 is 0 Å². The third kappa shape index (κ3) is 2.42. The molecule has 0 spiro atoms. The highest BCUT2D eigenvalue weighted by Gasteiger charge is 2.16. The second-order valence-electron chi connectivity index (χ2n) is 5.40. The van der Waals surface area contributed by atoms with Crippen LogP contribution >= 0.6 is 0 Å². The maximum Gasteiger partial charge on any atom is 0.123 e. The molecule has 0 aromatic heterocycles. The number of hydrogen-bond donors (Lipinski definition) is 0. The van der Waals surface area contributed by atoms with Crippen molar-refractivity contribution >= 4 is 0 Å². The largest absolute Gasteiger partial charge is 0.207 e. The summed E-state index contributed by atoms with van der Waals surface area (Å²) in [4.78, 5) is 0. The van der Waals surface area contributed by atoms with Crippen LogP contribution in [-0.2, 0) is 19.3 Å². The van der Waals surface area contributed by atoms with Crippen molar-refractivity contribution in [3.05, 3.63) is 58.9 Å². The lowest BCUT2D eigenvalue weighted by atomic mass is 9.84. The topological polar surface area (TPSA) is 0 Å². The Morgan fingerprint density at radius 2 is 1.63 bits per heavy atom. The van der Waals surface area contributed by atoms with Crippen molar-refractivity contribution < 1.29 is 4.39 Å². The van der Waals surface area contributed by atoms with Gasteiger partial charge in [0.15, 0.2) is 0 Å². The van der Waals surface area contributed by atoms with E-state index in [1.54, 1.807) is 12.1 Å². The molecule has 0 amide bonds. The Hall–Kier alpha value is -1.63. The van der Waals surface area contributed by atoms with Crippen LogP contribution in [0.5, 0.6) is 0 Å². The average molecular weight is 254 g/mol. The second-order valence-corrected chi connectivity index (χ2v) is 5.40. The molecular weight excluding hydrogens is 235 g/mol. The molecule has 0 radical (unpaired) electrons. The van der Waals surface area contributed by atoms with Gasteiger partial charge in [0.05, 0.1) is 0 Å². The molecule has 19 heavy (non-hydrogen) atoms. The molecule has 3 rings (SSSR count). The van der Waals surface area contributed by atoms with Gasteiger partial charge in [-0.15, -0.1) is 0 Å². The molecule has 98 valence electrons. The highest BCUT2D eigenvalue weighted by Crippen LogP contribution is 2.34. The Bertz CT molecular complexity index is 599. The zero-order valence-electron chi connectivity index (χ0n) is 11.4. The van der Waals surface area contributed by atoms with Crippen molar-refractivity contribution in [2.75, 3.05) is 0 Å². The van der Waals surface area contributed by atoms with E-state index in [0.717, 1.165) is 18.4 Å². The lowest BCUT2D eigenvalue weighted by molar-refractivity contribution is 0.625. The molecule has 1 heteroatoms. The van der Waals surface area contributed by atoms with E-state index in [1.165, 1.54) is 41.5 Å². The lowest BCUT2D eigenvalue weighted by Crippen LogP contribution is -2.05. The maximum absolute atomic E-state index is 13.3. The van der Waals surface area contributed by atoms with Gasteiger partial charge in [-0.2, -0.15) is 0 Å². The van der Waals surface area contributed by atoms with E-state index in [4.69, 9.17) is 0 Å². The van der Waals surface area contributed by atoms with Gasteiger partial charge in [-0.1, -0.05) is 37.6 Å². The van der Waals surface area contributed by atoms with Crippen molar-refractivity contribution in [1.82, 2.24) is 0 Å². The van der Waals surface area contributed by atoms with E-state index in [9.17, 15) is 4.39 Å². The van der Waals surface area contributed by atoms with Gasteiger partial charge in [0.1, 0.15) is 5.82 Å². The molecule has 0 saturated heterocycles. The summed E-state index contributed by atoms with van der Waals surface area (Å²) in [6.07, 6.45) is 5.64. The van der Waals surface area contributed by atoms with Gasteiger partial charge in [-0.25, -0.2) is 4.39 Å². The van der Waals surface area contributed by atoms with Crippen LogP contribution in [0.3, 0.4) is 0 Å². The Morgan fingerprint density at radius 3 is 2.37 bits per heavy atom. The summed E-state index contributed by atoms with van der Waals surface area (Å²) in [5, 5.41) is 0. The third-order valence-corrected chi connectivity index (χ3v) is 4.01. The molecule has 0 bridgehead atoms. The molecule has 0 N–H and O–H groups in total. The maximum atomic E-state index is 13.3. The van der Waals surface area contributed by atoms with Crippen molar-refractivity contribution in [2.24, 2.45) is 0 Å². The standard InChI is InChI=1S/C18H19F/c1-2-3-4-13-5-9-17-14(11-13)6-7-15-12-16(19)8-10-18(15)17/h5,8-12H,2-4,6-7H2,1H3. The molecular formula is C18H19F. The number of fused-ring (bicyclic) bond motifs is 3. The zero-order chi connectivity index (χ0) is 13.2. The smallest absolute Gasteiger partial charge is 0.123 e. The first-order chi connectivity index (χ1) is 9.28. The molecule has 0 unspecified atom stereocenters. The average Bonchev–Trinajstić information content (AvgIpc) is 2.44. The highest BCUT2D eigenvalue weighted by molar-refractivity contribution is 5.73. The van der Waals surface area contributed by atoms with Gasteiger partial charge in [0.2, 0.25) is 0 Å². The summed E-state index contributed by atoms with van der Waals surface area (Å²) >= 11 is 0. The van der Waals surface area contributed by atoms with E-state index >= 15 is 0 Å². The Balaban J connectivity index is 1.98. The Kier molecular flexibility index (Phi) is 3.37. The summed E-state index contributed by atoms with van der Waals surface area (Å²) in [5.41, 5.74) is 6.51. The Labute approximate surface area is 114 Å². The molecule has 0 atom stereocenters. The molecule has 0 aliphatic heterocycles. The lowest BCUT2D eigenvalue weighted by Gasteiger charge is -2.20. The van der Waals surface area contributed by atoms with Crippen LogP contribution in [0.15, 0.2) is 36.4 Å². The number of benzene rings is 2. The predicted molar refractivity (Wildman–Crippen MR) is 77.9 cm³/mol. The van der Waals surface area contributed by atoms with Crippen LogP contribution in [0.25, 0.3) is 11.1 Å². The minimum atomic E-state index is -0.123. The number of hydrogen-bond acceptors (Lipinski definition) is 0. The molecule has 0 heterocycles. The van der Waals surface area contributed by atoms with Gasteiger partial charge in [0.25, 0.3) is 0 Å². The number of rotatable bonds is 3. The molecule has 0 saturated carbocycles. The molecule has 1 aliphatic carbocycles. The van der Waals surface area contributed by atoms with Gasteiger partial charge in [-0.05, 0) is 65.6 Å². The fourth-order valence-electron chi connectivity index (χ4n) is 2.95. The summed E-state index contributed by atoms with van der Waals surface area (Å²) in [7, 11) is 0. The fourth-order valence-corrected chi connectivity index (χ4v) is 2.95. The predicted octanol–water partition coefficient (Wildman–Crippen LogP) is 4.93. The van der Waals surface area contributed by atoms with Gasteiger partial charge in [0, 0.05) is 0 Å². The van der Waals surface area contributed by atoms with Crippen molar-refractivity contribution in [3.8, 4) is 11.1 Å². The van der Waals surface area contributed by atoms with Crippen LogP contribution in [0, 0.1) is 5.82 Å². The highest BCUT2D eigenvalue weighted by atomic mass is 19.1. The molecule has 1 aliphatic rings. The van der Waals surface area contributed by atoms with Crippen molar-refractivity contribution in [1.29, 1.82) is 0 Å². The van der Waals surface area contributed by atoms with E-state index in [2.05, 4.69) is 25.1 Å². The minimum Gasteiger partial charge on any atom is -0.207 e. The van der Waals surface area contributed by atoms with E-state index in [0.29, 0.717) is 0 Å². The molecule has 0 fully saturated rings. The van der Waals surface area contributed by atoms with E-state index in [1.807, 2.05) is 6.07 Å². The molecule has 0 nitrogen and oxygen atoms in total. The van der Waals surface area contributed by atoms with E-state index < -0.39 is 0 Å². The van der Waals surface area contributed by atoms with Crippen LogP contribution in [0.1, 0.15) is 36.5 Å². The monoisotopic (exact) mass is 254 g/mol. The number of unbranched alkanes of at least 4 members (excludes halogenated alkanes) is 1. The van der Waals surface area contributed by atoms with Crippen molar-refractivity contribution in [2.45, 2.75) is 39.0 Å². The first kappa shape index (κ1) is 12.4. The van der Waals surface area contributed by atoms with E-state index in [-0.39, 0.29) is 5.82 Å². The molecule has 2 aromatic carbocycles. The SMILES string of the molecule is CCCCc1ccc2c(c1)CCc1cc(F)ccc1-2. The summed E-state index contributed by atoms with van der Waals surface area (Å²) in [6.45, 7) is 2.23. The summed E-state index contributed by atoms with van der Waals surface area (Å²) in [6, 6.07) is 12.0. The van der Waals surface area contributed by atoms with Crippen LogP contribution in [-0.4, -0.2) is 0 Å². The third-order valence-electron chi connectivity index (χ3n) is 4.01. The normalized spacial score (nSPS) is 12.9. The first-order valence-electron chi connectivity index (χ1n) is 7.18.